The van der Waals surface area contributed by atoms with Gasteiger partial charge in [-0.25, -0.2) is 9.59 Å². The Labute approximate surface area is 178 Å². The van der Waals surface area contributed by atoms with Gasteiger partial charge >= 0.3 is 12.2 Å². The highest BCUT2D eigenvalue weighted by Gasteiger charge is 2.36. The van der Waals surface area contributed by atoms with E-state index in [1.807, 2.05) is 52.0 Å². The highest BCUT2D eigenvalue weighted by Crippen LogP contribution is 2.46. The van der Waals surface area contributed by atoms with Crippen LogP contribution in [-0.4, -0.2) is 40.7 Å². The van der Waals surface area contributed by atoms with Crippen molar-refractivity contribution in [2.75, 3.05) is 13.2 Å². The molecule has 2 amide bonds. The molecule has 0 spiro atoms. The number of hydrogen-bond donors (Lipinski definition) is 0. The van der Waals surface area contributed by atoms with Gasteiger partial charge in [0.05, 0.1) is 11.6 Å². The van der Waals surface area contributed by atoms with Crippen molar-refractivity contribution in [3.63, 3.8) is 0 Å². The molecule has 1 aromatic rings. The first kappa shape index (κ1) is 21.9. The minimum absolute atomic E-state index is 0.284. The Morgan fingerprint density at radius 1 is 1.30 bits per heavy atom. The number of carbonyl (C=O) groups excluding carboxylic acids is 2. The molecule has 0 saturated heterocycles. The fourth-order valence-corrected chi connectivity index (χ4v) is 4.29. The lowest BCUT2D eigenvalue weighted by molar-refractivity contribution is 0.0335. The lowest BCUT2D eigenvalue weighted by Gasteiger charge is -2.26. The molecular formula is C19H25IN2O4S. The van der Waals surface area contributed by atoms with Crippen molar-refractivity contribution in [3.8, 4) is 0 Å². The van der Waals surface area contributed by atoms with Crippen LogP contribution in [0.25, 0.3) is 0 Å². The SMILES string of the molecule is CCOC(=O)N1C=C(N(CC)C(=O)OC(C)(C)C)SC1c1cccc(I)c1. The number of rotatable bonds is 4. The van der Waals surface area contributed by atoms with Gasteiger partial charge in [0.15, 0.2) is 0 Å². The molecule has 0 aliphatic carbocycles. The quantitative estimate of drug-likeness (QED) is 0.504. The van der Waals surface area contributed by atoms with E-state index in [1.165, 1.54) is 21.6 Å². The van der Waals surface area contributed by atoms with Crippen molar-refractivity contribution in [2.45, 2.75) is 45.6 Å². The van der Waals surface area contributed by atoms with Gasteiger partial charge in [0.25, 0.3) is 0 Å². The highest BCUT2D eigenvalue weighted by molar-refractivity contribution is 14.1. The first-order valence-corrected chi connectivity index (χ1v) is 10.7. The van der Waals surface area contributed by atoms with E-state index in [2.05, 4.69) is 22.6 Å². The lowest BCUT2D eigenvalue weighted by atomic mass is 10.2. The van der Waals surface area contributed by atoms with Crippen LogP contribution in [0.4, 0.5) is 9.59 Å². The summed E-state index contributed by atoms with van der Waals surface area (Å²) in [6.07, 6.45) is 0.792. The van der Waals surface area contributed by atoms with Gasteiger partial charge in [-0.3, -0.25) is 9.80 Å². The summed E-state index contributed by atoms with van der Waals surface area (Å²) in [6, 6.07) is 7.92. The number of amides is 2. The Bertz CT molecular complexity index is 733. The molecule has 8 heteroatoms. The fraction of sp³-hybridized carbons (Fsp3) is 0.474. The maximum atomic E-state index is 12.6. The molecule has 148 valence electrons. The van der Waals surface area contributed by atoms with E-state index in [4.69, 9.17) is 9.47 Å². The van der Waals surface area contributed by atoms with Gasteiger partial charge in [-0.05, 0) is 74.9 Å². The van der Waals surface area contributed by atoms with Crippen molar-refractivity contribution >= 4 is 46.5 Å². The minimum Gasteiger partial charge on any atom is -0.449 e. The van der Waals surface area contributed by atoms with E-state index < -0.39 is 17.8 Å². The summed E-state index contributed by atoms with van der Waals surface area (Å²) in [7, 11) is 0. The number of nitrogens with zero attached hydrogens (tertiary/aromatic N) is 2. The predicted octanol–water partition coefficient (Wildman–Crippen LogP) is 5.55. The molecule has 1 aliphatic heterocycles. The van der Waals surface area contributed by atoms with Gasteiger partial charge in [0.2, 0.25) is 0 Å². The van der Waals surface area contributed by atoms with Gasteiger partial charge in [-0.1, -0.05) is 23.9 Å². The van der Waals surface area contributed by atoms with Crippen molar-refractivity contribution in [3.05, 3.63) is 44.6 Å². The van der Waals surface area contributed by atoms with Gasteiger partial charge in [-0.15, -0.1) is 0 Å². The molecule has 6 nitrogen and oxygen atoms in total. The second-order valence-electron chi connectivity index (χ2n) is 6.82. The molecular weight excluding hydrogens is 479 g/mol. The van der Waals surface area contributed by atoms with Crippen LogP contribution in [-0.2, 0) is 9.47 Å². The average Bonchev–Trinajstić information content (AvgIpc) is 2.99. The summed E-state index contributed by atoms with van der Waals surface area (Å²) in [5, 5.41) is 0.355. The minimum atomic E-state index is -0.593. The molecule has 2 rings (SSSR count). The molecule has 1 unspecified atom stereocenters. The van der Waals surface area contributed by atoms with Crippen LogP contribution < -0.4 is 0 Å². The molecule has 0 radical (unpaired) electrons. The summed E-state index contributed by atoms with van der Waals surface area (Å²) in [5.41, 5.74) is 0.371. The van der Waals surface area contributed by atoms with E-state index in [0.717, 1.165) is 9.13 Å². The van der Waals surface area contributed by atoms with E-state index in [1.54, 1.807) is 13.1 Å². The molecule has 0 N–H and O–H groups in total. The van der Waals surface area contributed by atoms with Crippen molar-refractivity contribution in [1.29, 1.82) is 0 Å². The number of halogens is 1. The van der Waals surface area contributed by atoms with Gasteiger partial charge in [-0.2, -0.15) is 0 Å². The number of thioether (sulfide) groups is 1. The average molecular weight is 504 g/mol. The van der Waals surface area contributed by atoms with Crippen LogP contribution in [0.1, 0.15) is 45.6 Å². The third-order valence-electron chi connectivity index (χ3n) is 3.54. The van der Waals surface area contributed by atoms with Crippen LogP contribution in [0, 0.1) is 3.57 Å². The number of carbonyl (C=O) groups is 2. The lowest BCUT2D eigenvalue weighted by Crippen LogP contribution is -2.35. The molecule has 0 aromatic heterocycles. The van der Waals surface area contributed by atoms with E-state index >= 15 is 0 Å². The van der Waals surface area contributed by atoms with Crippen molar-refractivity contribution < 1.29 is 19.1 Å². The third kappa shape index (κ3) is 5.78. The Balaban J connectivity index is 2.32. The summed E-state index contributed by atoms with van der Waals surface area (Å²) in [5.74, 6) is 0. The molecule has 1 aromatic carbocycles. The Morgan fingerprint density at radius 3 is 2.56 bits per heavy atom. The van der Waals surface area contributed by atoms with E-state index in [9.17, 15) is 9.59 Å². The van der Waals surface area contributed by atoms with Crippen molar-refractivity contribution in [2.24, 2.45) is 0 Å². The summed E-state index contributed by atoms with van der Waals surface area (Å²) in [6.45, 7) is 9.84. The molecule has 0 bridgehead atoms. The molecule has 0 fully saturated rings. The summed E-state index contributed by atoms with van der Waals surface area (Å²) in [4.78, 5) is 28.1. The molecule has 1 atom stereocenters. The number of hydrogen-bond acceptors (Lipinski definition) is 5. The largest absolute Gasteiger partial charge is 0.449 e. The maximum Gasteiger partial charge on any atom is 0.415 e. The topological polar surface area (TPSA) is 59.1 Å². The van der Waals surface area contributed by atoms with E-state index in [0.29, 0.717) is 11.6 Å². The van der Waals surface area contributed by atoms with Crippen LogP contribution in [0.5, 0.6) is 0 Å². The van der Waals surface area contributed by atoms with E-state index in [-0.39, 0.29) is 12.0 Å². The number of ether oxygens (including phenoxy) is 2. The zero-order chi connectivity index (χ0) is 20.2. The predicted molar refractivity (Wildman–Crippen MR) is 115 cm³/mol. The first-order chi connectivity index (χ1) is 12.7. The smallest absolute Gasteiger partial charge is 0.415 e. The molecule has 1 aliphatic rings. The normalized spacial score (nSPS) is 16.7. The summed E-state index contributed by atoms with van der Waals surface area (Å²) < 4.78 is 11.8. The third-order valence-corrected chi connectivity index (χ3v) is 5.50. The molecule has 27 heavy (non-hydrogen) atoms. The second kappa shape index (κ2) is 9.18. The van der Waals surface area contributed by atoms with Gasteiger partial charge < -0.3 is 9.47 Å². The number of benzene rings is 1. The van der Waals surface area contributed by atoms with Crippen LogP contribution in [0.15, 0.2) is 35.5 Å². The second-order valence-corrected chi connectivity index (χ2v) is 9.17. The molecule has 0 saturated carbocycles. The maximum absolute atomic E-state index is 12.6. The van der Waals surface area contributed by atoms with Crippen molar-refractivity contribution in [1.82, 2.24) is 9.80 Å². The molecule has 1 heterocycles. The van der Waals surface area contributed by atoms with Crippen LogP contribution in [0.3, 0.4) is 0 Å². The van der Waals surface area contributed by atoms with Crippen LogP contribution in [0.2, 0.25) is 0 Å². The summed E-state index contributed by atoms with van der Waals surface area (Å²) >= 11 is 3.67. The zero-order valence-electron chi connectivity index (χ0n) is 16.2. The Morgan fingerprint density at radius 2 is 2.00 bits per heavy atom. The fourth-order valence-electron chi connectivity index (χ4n) is 2.45. The standard InChI is InChI=1S/C19H25IN2O4S/c1-6-21(18(24)26-19(3,4)5)15-12-22(17(23)25-7-2)16(27-15)13-9-8-10-14(20)11-13/h8-12,16H,6-7H2,1-5H3. The van der Waals surface area contributed by atoms with Gasteiger partial charge in [0.1, 0.15) is 11.0 Å². The zero-order valence-corrected chi connectivity index (χ0v) is 19.2. The van der Waals surface area contributed by atoms with Crippen LogP contribution >= 0.6 is 34.4 Å². The first-order valence-electron chi connectivity index (χ1n) is 8.75. The van der Waals surface area contributed by atoms with Gasteiger partial charge in [0, 0.05) is 16.3 Å². The highest BCUT2D eigenvalue weighted by atomic mass is 127. The monoisotopic (exact) mass is 504 g/mol. The Kier molecular flexibility index (Phi) is 7.44. The Hall–Kier alpha value is -1.42.